The van der Waals surface area contributed by atoms with Crippen LogP contribution < -0.4 is 24.2 Å². The molecule has 3 aromatic rings. The average Bonchev–Trinajstić information content (AvgIpc) is 3.99. The van der Waals surface area contributed by atoms with E-state index in [9.17, 15) is 40.8 Å². The van der Waals surface area contributed by atoms with Crippen molar-refractivity contribution in [1.29, 1.82) is 0 Å². The molecule has 61 heavy (non-hydrogen) atoms. The van der Waals surface area contributed by atoms with Crippen molar-refractivity contribution < 1.29 is 55.0 Å². The molecule has 19 heteroatoms. The van der Waals surface area contributed by atoms with Crippen LogP contribution >= 0.6 is 0 Å². The zero-order chi connectivity index (χ0) is 43.9. The van der Waals surface area contributed by atoms with Gasteiger partial charge in [-0.05, 0) is 83.4 Å². The summed E-state index contributed by atoms with van der Waals surface area (Å²) in [4.78, 5) is 62.9. The Hall–Kier alpha value is -5.20. The van der Waals surface area contributed by atoms with Crippen LogP contribution in [0.5, 0.6) is 17.4 Å². The molecule has 7 rings (SSSR count). The van der Waals surface area contributed by atoms with Crippen LogP contribution in [-0.4, -0.2) is 101 Å². The fourth-order valence-corrected chi connectivity index (χ4v) is 9.68. The summed E-state index contributed by atoms with van der Waals surface area (Å²) < 4.78 is 85.4. The largest absolute Gasteiger partial charge is 0.496 e. The summed E-state index contributed by atoms with van der Waals surface area (Å²) in [7, 11) is -2.48. The van der Waals surface area contributed by atoms with E-state index in [1.54, 1.807) is 32.2 Å². The predicted octanol–water partition coefficient (Wildman–Crippen LogP) is 5.34. The Balaban J connectivity index is 1.22. The van der Waals surface area contributed by atoms with Gasteiger partial charge in [-0.25, -0.2) is 13.4 Å². The van der Waals surface area contributed by atoms with Gasteiger partial charge in [-0.2, -0.15) is 18.3 Å². The predicted molar refractivity (Wildman–Crippen MR) is 215 cm³/mol. The number of carbonyl (C=O) groups is 4. The number of nitrogens with one attached hydrogen (secondary N) is 2. The van der Waals surface area contributed by atoms with Crippen molar-refractivity contribution in [2.24, 2.45) is 11.3 Å². The van der Waals surface area contributed by atoms with Gasteiger partial charge in [-0.3, -0.25) is 28.6 Å². The van der Waals surface area contributed by atoms with E-state index in [0.29, 0.717) is 72.2 Å². The minimum absolute atomic E-state index is 0.00934. The number of pyridine rings is 1. The molecular formula is C42H51F3N6O9S. The number of allylic oxidation sites excluding steroid dienone is 2. The second-order valence-electron chi connectivity index (χ2n) is 16.8. The maximum atomic E-state index is 14.8. The molecule has 5 atom stereocenters. The SMILES string of the molecule is CCOc1cc(O[C@@H]2C[C@H]3C(=O)C[C@]4(C(=O)NS(=O)(=O)C5(C)CC5)C[C@@H]4/C=C\CCCCC[C@H](NC(=O)c4ccn(CC(F)(F)F)n4)C(=O)N3C2)c2ccc(OC)c(C)c2n1. The molecule has 2 saturated carbocycles. The second kappa shape index (κ2) is 16.9. The van der Waals surface area contributed by atoms with E-state index in [0.717, 1.165) is 17.8 Å². The van der Waals surface area contributed by atoms with Crippen molar-refractivity contribution in [2.75, 3.05) is 20.3 Å². The number of alkyl halides is 3. The van der Waals surface area contributed by atoms with Gasteiger partial charge < -0.3 is 24.4 Å². The second-order valence-corrected chi connectivity index (χ2v) is 19.0. The maximum absolute atomic E-state index is 14.8. The van der Waals surface area contributed by atoms with Crippen molar-refractivity contribution in [3.63, 3.8) is 0 Å². The number of carbonyl (C=O) groups excluding carboxylic acids is 4. The highest BCUT2D eigenvalue weighted by Crippen LogP contribution is 2.57. The fraction of sp³-hybridized carbons (Fsp3) is 0.571. The van der Waals surface area contributed by atoms with E-state index in [2.05, 4.69) is 20.1 Å². The molecule has 0 spiro atoms. The van der Waals surface area contributed by atoms with Gasteiger partial charge in [0, 0.05) is 36.1 Å². The third-order valence-corrected chi connectivity index (χ3v) is 14.5. The molecule has 4 aliphatic rings. The number of ether oxygens (including phenoxy) is 3. The van der Waals surface area contributed by atoms with Gasteiger partial charge in [0.1, 0.15) is 35.9 Å². The quantitative estimate of drug-likeness (QED) is 0.237. The summed E-state index contributed by atoms with van der Waals surface area (Å²) >= 11 is 0. The first-order chi connectivity index (χ1) is 28.9. The molecule has 330 valence electrons. The van der Waals surface area contributed by atoms with Crippen molar-refractivity contribution in [1.82, 2.24) is 29.7 Å². The van der Waals surface area contributed by atoms with Crippen molar-refractivity contribution >= 4 is 44.4 Å². The Kier molecular flexibility index (Phi) is 12.2. The number of rotatable bonds is 11. The number of benzene rings is 1. The number of Topliss-reactive ketones (excluding diaryl/α,β-unsaturated/α-hetero) is 1. The summed E-state index contributed by atoms with van der Waals surface area (Å²) in [5.41, 5.74) is -0.409. The van der Waals surface area contributed by atoms with Crippen LogP contribution in [0.15, 0.2) is 42.6 Å². The lowest BCUT2D eigenvalue weighted by molar-refractivity contribution is -0.142. The van der Waals surface area contributed by atoms with E-state index in [-0.39, 0.29) is 43.8 Å². The van der Waals surface area contributed by atoms with Gasteiger partial charge in [0.05, 0.1) is 42.0 Å². The lowest BCUT2D eigenvalue weighted by Crippen LogP contribution is -2.52. The number of fused-ring (bicyclic) bond motifs is 3. The van der Waals surface area contributed by atoms with Crippen molar-refractivity contribution in [3.8, 4) is 17.4 Å². The Morgan fingerprint density at radius 1 is 1.08 bits per heavy atom. The Morgan fingerprint density at radius 2 is 1.85 bits per heavy atom. The molecule has 1 aromatic carbocycles. The molecule has 2 aliphatic carbocycles. The number of amides is 3. The monoisotopic (exact) mass is 872 g/mol. The van der Waals surface area contributed by atoms with Gasteiger partial charge in [0.2, 0.25) is 27.7 Å². The maximum Gasteiger partial charge on any atom is 0.408 e. The molecule has 0 unspecified atom stereocenters. The summed E-state index contributed by atoms with van der Waals surface area (Å²) in [5.74, 6) is -1.91. The summed E-state index contributed by atoms with van der Waals surface area (Å²) in [6.45, 7) is 4.01. The lowest BCUT2D eigenvalue weighted by Gasteiger charge is -2.29. The normalized spacial score (nSPS) is 26.0. The first-order valence-corrected chi connectivity index (χ1v) is 22.1. The van der Waals surface area contributed by atoms with Gasteiger partial charge in [0.15, 0.2) is 5.78 Å². The van der Waals surface area contributed by atoms with Crippen LogP contribution in [-0.2, 0) is 31.0 Å². The van der Waals surface area contributed by atoms with Gasteiger partial charge in [-0.1, -0.05) is 25.0 Å². The smallest absolute Gasteiger partial charge is 0.408 e. The van der Waals surface area contributed by atoms with Crippen LogP contribution in [0.3, 0.4) is 0 Å². The number of sulfonamides is 1. The number of nitrogens with zero attached hydrogens (tertiary/aromatic N) is 4. The van der Waals surface area contributed by atoms with Gasteiger partial charge in [0.25, 0.3) is 5.91 Å². The fourth-order valence-electron chi connectivity index (χ4n) is 8.35. The van der Waals surface area contributed by atoms with Crippen LogP contribution in [0.1, 0.15) is 94.1 Å². The molecule has 1 saturated heterocycles. The third-order valence-electron chi connectivity index (χ3n) is 12.3. The van der Waals surface area contributed by atoms with Crippen LogP contribution in [0, 0.1) is 18.3 Å². The van der Waals surface area contributed by atoms with E-state index >= 15 is 0 Å². The summed E-state index contributed by atoms with van der Waals surface area (Å²) in [6.07, 6.45) is 2.72. The van der Waals surface area contributed by atoms with Gasteiger partial charge >= 0.3 is 6.18 Å². The van der Waals surface area contributed by atoms with E-state index < -0.39 is 80.5 Å². The molecule has 0 radical (unpaired) electrons. The topological polar surface area (TPSA) is 188 Å². The molecule has 3 fully saturated rings. The molecular weight excluding hydrogens is 822 g/mol. The molecule has 2 aromatic heterocycles. The molecule has 4 heterocycles. The van der Waals surface area contributed by atoms with E-state index in [1.807, 2.05) is 26.0 Å². The molecule has 2 N–H and O–H groups in total. The van der Waals surface area contributed by atoms with Crippen molar-refractivity contribution in [3.05, 3.63) is 53.9 Å². The first-order valence-electron chi connectivity index (χ1n) is 20.6. The Morgan fingerprint density at radius 3 is 2.56 bits per heavy atom. The van der Waals surface area contributed by atoms with Crippen LogP contribution in [0.2, 0.25) is 0 Å². The average molecular weight is 873 g/mol. The highest BCUT2D eigenvalue weighted by molar-refractivity contribution is 7.91. The number of ketones is 1. The van der Waals surface area contributed by atoms with Crippen molar-refractivity contribution in [2.45, 2.75) is 121 Å². The van der Waals surface area contributed by atoms with E-state index in [1.165, 1.54) is 4.90 Å². The molecule has 0 bridgehead atoms. The highest BCUT2D eigenvalue weighted by atomic mass is 32.2. The van der Waals surface area contributed by atoms with Crippen LogP contribution in [0.25, 0.3) is 10.9 Å². The molecule has 3 amide bonds. The third kappa shape index (κ3) is 9.35. The van der Waals surface area contributed by atoms with Crippen LogP contribution in [0.4, 0.5) is 13.2 Å². The Labute approximate surface area is 351 Å². The minimum Gasteiger partial charge on any atom is -0.496 e. The lowest BCUT2D eigenvalue weighted by atomic mass is 9.91. The zero-order valence-corrected chi connectivity index (χ0v) is 35.4. The Bertz CT molecular complexity index is 2350. The molecule has 2 aliphatic heterocycles. The number of hydrogen-bond donors (Lipinski definition) is 2. The number of hydrogen-bond acceptors (Lipinski definition) is 11. The minimum atomic E-state index is -4.58. The first kappa shape index (κ1) is 43.9. The van der Waals surface area contributed by atoms with E-state index in [4.69, 9.17) is 14.2 Å². The standard InChI is InChI=1S/C42H51F3N6O9S/c1-5-59-35-20-34(28-13-14-33(58-4)25(2)36(28)47-35)60-27-19-31-32(52)22-41(39(55)49-61(56,57)40(3)16-17-40)21-26(41)11-9-7-6-8-10-12-30(38(54)51(31)23-27)46-37(53)29-15-18-50(48-29)24-42(43,44)45/h9,11,13-15,18,20,26-27,30-31H,5-8,10,12,16-17,19,21-24H2,1-4H3,(H,46,53)(H,49,55)/b11-9-/t26-,27+,30-,31-,41+/m0/s1. The zero-order valence-electron chi connectivity index (χ0n) is 34.5. The number of aryl methyl sites for hydroxylation is 1. The number of aromatic nitrogens is 3. The molecule has 15 nitrogen and oxygen atoms in total. The number of methoxy groups -OCH3 is 1. The highest BCUT2D eigenvalue weighted by Gasteiger charge is 2.62. The van der Waals surface area contributed by atoms with Gasteiger partial charge in [-0.15, -0.1) is 0 Å². The summed E-state index contributed by atoms with van der Waals surface area (Å²) in [6, 6.07) is 3.95. The summed E-state index contributed by atoms with van der Waals surface area (Å²) in [5, 5.41) is 7.07. The number of halogens is 3.